The van der Waals surface area contributed by atoms with E-state index >= 15 is 0 Å². The summed E-state index contributed by atoms with van der Waals surface area (Å²) >= 11 is 0. The van der Waals surface area contributed by atoms with Gasteiger partial charge in [-0.1, -0.05) is 103 Å². The molecule has 0 saturated heterocycles. The first kappa shape index (κ1) is 35.0. The second-order valence-electron chi connectivity index (χ2n) is 11.0. The van der Waals surface area contributed by atoms with Gasteiger partial charge in [0.15, 0.2) is 0 Å². The lowest BCUT2D eigenvalue weighted by molar-refractivity contribution is 0.0493. The normalized spacial score (nSPS) is 13.5. The summed E-state index contributed by atoms with van der Waals surface area (Å²) in [6.45, 7) is 6.78. The van der Waals surface area contributed by atoms with Crippen molar-refractivity contribution in [2.45, 2.75) is 142 Å². The highest BCUT2D eigenvalue weighted by molar-refractivity contribution is 6.60. The number of aliphatic hydroxyl groups excluding tert-OH is 2. The van der Waals surface area contributed by atoms with Crippen LogP contribution >= 0.6 is 0 Å². The highest BCUT2D eigenvalue weighted by Crippen LogP contribution is 2.28. The van der Waals surface area contributed by atoms with Gasteiger partial charge in [0.2, 0.25) is 0 Å². The quantitative estimate of drug-likeness (QED) is 0.0836. The van der Waals surface area contributed by atoms with Crippen LogP contribution in [0.1, 0.15) is 130 Å². The summed E-state index contributed by atoms with van der Waals surface area (Å²) in [5.41, 5.74) is 6.21. The Morgan fingerprint density at radius 2 is 1.14 bits per heavy atom. The number of rotatable bonds is 27. The summed E-state index contributed by atoms with van der Waals surface area (Å²) < 4.78 is 17.3. The molecular formula is C28H61NO5Si. The number of nitrogens with two attached hydrogens (primary N) is 1. The van der Waals surface area contributed by atoms with Gasteiger partial charge in [-0.15, -0.1) is 0 Å². The van der Waals surface area contributed by atoms with Crippen LogP contribution in [0.15, 0.2) is 0 Å². The molecule has 0 spiro atoms. The molecule has 212 valence electrons. The third-order valence-corrected chi connectivity index (χ3v) is 9.64. The monoisotopic (exact) mass is 519 g/mol. The lowest BCUT2D eigenvalue weighted by atomic mass is 9.85. The molecule has 0 fully saturated rings. The van der Waals surface area contributed by atoms with Crippen LogP contribution < -0.4 is 5.73 Å². The van der Waals surface area contributed by atoms with E-state index in [9.17, 15) is 0 Å². The van der Waals surface area contributed by atoms with Crippen LogP contribution in [-0.4, -0.2) is 58.1 Å². The van der Waals surface area contributed by atoms with Crippen LogP contribution in [-0.2, 0) is 13.3 Å². The lowest BCUT2D eigenvalue weighted by Gasteiger charge is -2.29. The Bertz CT molecular complexity index is 440. The molecule has 0 heterocycles. The molecule has 0 aliphatic carbocycles. The fourth-order valence-electron chi connectivity index (χ4n) is 4.96. The molecule has 1 atom stereocenters. The first-order valence-corrected chi connectivity index (χ1v) is 16.6. The Labute approximate surface area is 219 Å². The van der Waals surface area contributed by atoms with E-state index in [1.807, 2.05) is 0 Å². The summed E-state index contributed by atoms with van der Waals surface area (Å²) in [7, 11) is -1.25. The molecule has 35 heavy (non-hydrogen) atoms. The van der Waals surface area contributed by atoms with E-state index in [-0.39, 0.29) is 32.0 Å². The molecule has 0 rings (SSSR count). The van der Waals surface area contributed by atoms with Crippen molar-refractivity contribution in [3.8, 4) is 0 Å². The van der Waals surface area contributed by atoms with Gasteiger partial charge in [0.1, 0.15) is 0 Å². The number of unbranched alkanes of at least 4 members (excludes halogenated alkanes) is 12. The van der Waals surface area contributed by atoms with Gasteiger partial charge in [-0.25, -0.2) is 0 Å². The molecule has 7 heteroatoms. The van der Waals surface area contributed by atoms with E-state index in [1.165, 1.54) is 89.9 Å². The van der Waals surface area contributed by atoms with E-state index < -0.39 is 8.80 Å². The molecule has 0 aromatic rings. The maximum atomic E-state index is 9.16. The van der Waals surface area contributed by atoms with Crippen molar-refractivity contribution in [2.24, 2.45) is 11.7 Å². The Kier molecular flexibility index (Phi) is 23.1. The number of hydrogen-bond donors (Lipinski definition) is 3. The maximum absolute atomic E-state index is 9.16. The second kappa shape index (κ2) is 23.1. The summed E-state index contributed by atoms with van der Waals surface area (Å²) in [6, 6.07) is 0.698. The summed E-state index contributed by atoms with van der Waals surface area (Å²) in [5.74, 6) is 0.585. The molecule has 0 saturated carbocycles. The minimum atomic E-state index is -2.86. The van der Waals surface area contributed by atoms with Crippen molar-refractivity contribution in [1.29, 1.82) is 0 Å². The van der Waals surface area contributed by atoms with E-state index in [0.29, 0.717) is 12.0 Å². The van der Waals surface area contributed by atoms with Crippen LogP contribution in [0.4, 0.5) is 0 Å². The van der Waals surface area contributed by atoms with Crippen LogP contribution in [0.25, 0.3) is 0 Å². The van der Waals surface area contributed by atoms with Crippen molar-refractivity contribution < 1.29 is 23.5 Å². The van der Waals surface area contributed by atoms with Gasteiger partial charge >= 0.3 is 8.80 Å². The van der Waals surface area contributed by atoms with Gasteiger partial charge in [0.25, 0.3) is 0 Å². The third-order valence-electron chi connectivity index (χ3n) is 6.76. The molecule has 0 aromatic carbocycles. The van der Waals surface area contributed by atoms with Gasteiger partial charge in [-0.3, -0.25) is 0 Å². The van der Waals surface area contributed by atoms with Gasteiger partial charge in [-0.05, 0) is 32.6 Å². The number of hydrogen-bond acceptors (Lipinski definition) is 6. The molecule has 1 unspecified atom stereocenters. The molecule has 0 aliphatic rings. The predicted molar refractivity (Wildman–Crippen MR) is 150 cm³/mol. The summed E-state index contributed by atoms with van der Waals surface area (Å²) in [4.78, 5) is 0. The molecule has 0 aliphatic heterocycles. The second-order valence-corrected chi connectivity index (χ2v) is 13.9. The highest BCUT2D eigenvalue weighted by Gasteiger charge is 2.39. The smallest absolute Gasteiger partial charge is 0.394 e. The number of aliphatic hydroxyl groups is 2. The topological polar surface area (TPSA) is 94.2 Å². The first-order valence-electron chi connectivity index (χ1n) is 14.7. The van der Waals surface area contributed by atoms with Gasteiger partial charge in [0, 0.05) is 18.7 Å². The minimum Gasteiger partial charge on any atom is -0.394 e. The maximum Gasteiger partial charge on any atom is 0.500 e. The zero-order chi connectivity index (χ0) is 26.3. The summed E-state index contributed by atoms with van der Waals surface area (Å²) in [5, 5.41) is 18.3. The van der Waals surface area contributed by atoms with E-state index in [1.54, 1.807) is 7.11 Å². The molecule has 0 amide bonds. The van der Waals surface area contributed by atoms with Crippen LogP contribution in [0.2, 0.25) is 6.04 Å². The molecule has 0 aromatic heterocycles. The van der Waals surface area contributed by atoms with Crippen molar-refractivity contribution in [3.63, 3.8) is 0 Å². The van der Waals surface area contributed by atoms with Crippen molar-refractivity contribution in [2.75, 3.05) is 33.5 Å². The van der Waals surface area contributed by atoms with Crippen LogP contribution in [0.5, 0.6) is 0 Å². The van der Waals surface area contributed by atoms with E-state index in [2.05, 4.69) is 20.8 Å². The molecule has 0 bridgehead atoms. The standard InChI is InChI=1S/C28H61NO5Si/c1-5-6-7-8-9-10-11-12-13-14-15-16-17-19-27(26-28(2,3)29)20-18-25-35(32-4,33-23-21-30)34-24-22-31/h27,30-31H,5-26,29H2,1-4H3. The largest absolute Gasteiger partial charge is 0.500 e. The van der Waals surface area contributed by atoms with Gasteiger partial charge in [-0.2, -0.15) is 0 Å². The zero-order valence-electron chi connectivity index (χ0n) is 23.8. The molecule has 4 N–H and O–H groups in total. The van der Waals surface area contributed by atoms with Crippen LogP contribution in [0.3, 0.4) is 0 Å². The average Bonchev–Trinajstić information content (AvgIpc) is 2.82. The fourth-order valence-corrected chi connectivity index (χ4v) is 7.21. The Morgan fingerprint density at radius 3 is 1.54 bits per heavy atom. The average molecular weight is 520 g/mol. The molecular weight excluding hydrogens is 458 g/mol. The SMILES string of the molecule is CCCCCCCCCCCCCCCC(CCC[Si](OC)(OCCO)OCCO)CC(C)(C)N. The van der Waals surface area contributed by atoms with Crippen LogP contribution in [0, 0.1) is 5.92 Å². The van der Waals surface area contributed by atoms with Crippen molar-refractivity contribution in [3.05, 3.63) is 0 Å². The van der Waals surface area contributed by atoms with Gasteiger partial charge < -0.3 is 29.2 Å². The molecule has 0 radical (unpaired) electrons. The summed E-state index contributed by atoms with van der Waals surface area (Å²) in [6.07, 6.45) is 22.2. The lowest BCUT2D eigenvalue weighted by Crippen LogP contribution is -2.46. The minimum absolute atomic E-state index is 0.0658. The molecule has 6 nitrogen and oxygen atoms in total. The highest BCUT2D eigenvalue weighted by atomic mass is 28.4. The van der Waals surface area contributed by atoms with Gasteiger partial charge in [0.05, 0.1) is 26.4 Å². The predicted octanol–water partition coefficient (Wildman–Crippen LogP) is 6.59. The first-order chi connectivity index (χ1) is 16.8. The Balaban J connectivity index is 4.20. The zero-order valence-corrected chi connectivity index (χ0v) is 24.8. The Hall–Kier alpha value is -0.0231. The third kappa shape index (κ3) is 21.7. The van der Waals surface area contributed by atoms with Crippen molar-refractivity contribution in [1.82, 2.24) is 0 Å². The van der Waals surface area contributed by atoms with E-state index in [0.717, 1.165) is 19.3 Å². The van der Waals surface area contributed by atoms with Crippen molar-refractivity contribution >= 4 is 8.80 Å². The van der Waals surface area contributed by atoms with E-state index in [4.69, 9.17) is 29.2 Å². The fraction of sp³-hybridized carbons (Fsp3) is 1.00. The Morgan fingerprint density at radius 1 is 0.714 bits per heavy atom.